The van der Waals surface area contributed by atoms with Gasteiger partial charge in [-0.1, -0.05) is 31.2 Å². The Balaban J connectivity index is 1.72. The van der Waals surface area contributed by atoms with Gasteiger partial charge in [0.15, 0.2) is 0 Å². The number of rotatable bonds is 6. The molecule has 3 rings (SSSR count). The molecule has 2 aromatic rings. The van der Waals surface area contributed by atoms with Gasteiger partial charge in [0.1, 0.15) is 0 Å². The molecule has 0 bridgehead atoms. The molecular formula is C22H26N2O3. The van der Waals surface area contributed by atoms with Crippen molar-refractivity contribution in [1.82, 2.24) is 5.32 Å². The van der Waals surface area contributed by atoms with E-state index in [2.05, 4.69) is 12.2 Å². The first-order chi connectivity index (χ1) is 13.1. The molecule has 1 aliphatic heterocycles. The van der Waals surface area contributed by atoms with Crippen LogP contribution in [-0.4, -0.2) is 38.1 Å². The Hall–Kier alpha value is -2.66. The largest absolute Gasteiger partial charge is 0.381 e. The Morgan fingerprint density at radius 1 is 1.15 bits per heavy atom. The van der Waals surface area contributed by atoms with E-state index in [0.717, 1.165) is 25.1 Å². The van der Waals surface area contributed by atoms with Gasteiger partial charge in [-0.25, -0.2) is 0 Å². The van der Waals surface area contributed by atoms with Crippen LogP contribution in [-0.2, 0) is 4.74 Å². The van der Waals surface area contributed by atoms with Crippen molar-refractivity contribution in [2.24, 2.45) is 5.92 Å². The third kappa shape index (κ3) is 4.55. The maximum atomic E-state index is 12.8. The summed E-state index contributed by atoms with van der Waals surface area (Å²) in [6.07, 6.45) is 1.83. The van der Waals surface area contributed by atoms with E-state index in [1.54, 1.807) is 36.2 Å². The first kappa shape index (κ1) is 19.1. The Morgan fingerprint density at radius 3 is 2.56 bits per heavy atom. The average molecular weight is 366 g/mol. The highest BCUT2D eigenvalue weighted by Crippen LogP contribution is 2.20. The fourth-order valence-electron chi connectivity index (χ4n) is 3.43. The maximum absolute atomic E-state index is 12.8. The number of carbonyl (C=O) groups is 2. The monoisotopic (exact) mass is 366 g/mol. The Kier molecular flexibility index (Phi) is 6.24. The van der Waals surface area contributed by atoms with Crippen molar-refractivity contribution in [3.63, 3.8) is 0 Å². The van der Waals surface area contributed by atoms with Gasteiger partial charge >= 0.3 is 0 Å². The van der Waals surface area contributed by atoms with Crippen molar-refractivity contribution in [3.05, 3.63) is 65.7 Å². The molecule has 1 saturated heterocycles. The van der Waals surface area contributed by atoms with Gasteiger partial charge in [0.25, 0.3) is 11.8 Å². The van der Waals surface area contributed by atoms with Crippen LogP contribution in [0.4, 0.5) is 5.69 Å². The molecule has 0 spiro atoms. The van der Waals surface area contributed by atoms with Gasteiger partial charge in [0.05, 0.1) is 6.61 Å². The van der Waals surface area contributed by atoms with Gasteiger partial charge < -0.3 is 15.0 Å². The summed E-state index contributed by atoms with van der Waals surface area (Å²) in [6, 6.07) is 16.4. The molecular weight excluding hydrogens is 340 g/mol. The van der Waals surface area contributed by atoms with Crippen molar-refractivity contribution in [2.45, 2.75) is 25.8 Å². The molecule has 0 aliphatic carbocycles. The number of ether oxygens (including phenoxy) is 1. The van der Waals surface area contributed by atoms with Crippen LogP contribution in [0.3, 0.4) is 0 Å². The molecule has 0 saturated carbocycles. The van der Waals surface area contributed by atoms with Crippen molar-refractivity contribution in [2.75, 3.05) is 25.2 Å². The lowest BCUT2D eigenvalue weighted by molar-refractivity contribution is 0.0914. The highest BCUT2D eigenvalue weighted by molar-refractivity contribution is 6.07. The molecule has 1 aliphatic rings. The number of amides is 2. The Bertz CT molecular complexity index is 785. The summed E-state index contributed by atoms with van der Waals surface area (Å²) < 4.78 is 5.44. The minimum absolute atomic E-state index is 0.0892. The second-order valence-corrected chi connectivity index (χ2v) is 6.89. The molecule has 0 unspecified atom stereocenters. The molecule has 2 atom stereocenters. The first-order valence-corrected chi connectivity index (χ1v) is 9.42. The normalized spacial score (nSPS) is 17.3. The fourth-order valence-corrected chi connectivity index (χ4v) is 3.43. The minimum atomic E-state index is -0.147. The maximum Gasteiger partial charge on any atom is 0.258 e. The van der Waals surface area contributed by atoms with Crippen LogP contribution in [0.1, 0.15) is 40.5 Å². The summed E-state index contributed by atoms with van der Waals surface area (Å²) in [5.74, 6) is 0.0610. The summed E-state index contributed by atoms with van der Waals surface area (Å²) >= 11 is 0. The van der Waals surface area contributed by atoms with E-state index in [1.807, 2.05) is 30.3 Å². The lowest BCUT2D eigenvalue weighted by Crippen LogP contribution is -2.40. The molecule has 1 N–H and O–H groups in total. The van der Waals surface area contributed by atoms with E-state index in [-0.39, 0.29) is 17.9 Å². The van der Waals surface area contributed by atoms with Crippen molar-refractivity contribution in [1.29, 1.82) is 0 Å². The molecule has 27 heavy (non-hydrogen) atoms. The van der Waals surface area contributed by atoms with Crippen LogP contribution >= 0.6 is 0 Å². The predicted octanol–water partition coefficient (Wildman–Crippen LogP) is 3.51. The van der Waals surface area contributed by atoms with Crippen LogP contribution in [0.5, 0.6) is 0 Å². The molecule has 5 nitrogen and oxygen atoms in total. The molecule has 1 fully saturated rings. The summed E-state index contributed by atoms with van der Waals surface area (Å²) in [7, 11) is 1.73. The van der Waals surface area contributed by atoms with E-state index in [4.69, 9.17) is 4.74 Å². The number of para-hydroxylation sites is 1. The highest BCUT2D eigenvalue weighted by Gasteiger charge is 2.26. The van der Waals surface area contributed by atoms with Gasteiger partial charge in [-0.3, -0.25) is 9.59 Å². The van der Waals surface area contributed by atoms with Gasteiger partial charge in [0.2, 0.25) is 0 Å². The zero-order chi connectivity index (χ0) is 19.2. The summed E-state index contributed by atoms with van der Waals surface area (Å²) in [4.78, 5) is 27.1. The molecule has 142 valence electrons. The number of carbonyl (C=O) groups excluding carboxylic acids is 2. The van der Waals surface area contributed by atoms with Crippen LogP contribution in [0.2, 0.25) is 0 Å². The number of nitrogens with one attached hydrogen (secondary N) is 1. The molecule has 1 heterocycles. The molecule has 5 heteroatoms. The number of hydrogen-bond acceptors (Lipinski definition) is 3. The van der Waals surface area contributed by atoms with Gasteiger partial charge in [-0.15, -0.1) is 0 Å². The minimum Gasteiger partial charge on any atom is -0.381 e. The highest BCUT2D eigenvalue weighted by atomic mass is 16.5. The summed E-state index contributed by atoms with van der Waals surface area (Å²) in [6.45, 7) is 3.52. The number of anilines is 1. The smallest absolute Gasteiger partial charge is 0.258 e. The second-order valence-electron chi connectivity index (χ2n) is 6.89. The van der Waals surface area contributed by atoms with Crippen LogP contribution in [0.25, 0.3) is 0 Å². The number of benzene rings is 2. The van der Waals surface area contributed by atoms with E-state index >= 15 is 0 Å². The second kappa shape index (κ2) is 8.82. The van der Waals surface area contributed by atoms with E-state index in [9.17, 15) is 9.59 Å². The van der Waals surface area contributed by atoms with Crippen LogP contribution in [0, 0.1) is 5.92 Å². The first-order valence-electron chi connectivity index (χ1n) is 9.42. The van der Waals surface area contributed by atoms with E-state index < -0.39 is 0 Å². The molecule has 0 aromatic heterocycles. The van der Waals surface area contributed by atoms with E-state index in [0.29, 0.717) is 23.7 Å². The predicted molar refractivity (Wildman–Crippen MR) is 106 cm³/mol. The van der Waals surface area contributed by atoms with Gasteiger partial charge in [-0.05, 0) is 43.2 Å². The zero-order valence-corrected chi connectivity index (χ0v) is 15.9. The quantitative estimate of drug-likeness (QED) is 0.851. The molecule has 0 radical (unpaired) electrons. The van der Waals surface area contributed by atoms with E-state index in [1.165, 1.54) is 0 Å². The zero-order valence-electron chi connectivity index (χ0n) is 15.9. The number of hydrogen-bond donors (Lipinski definition) is 1. The topological polar surface area (TPSA) is 58.6 Å². The van der Waals surface area contributed by atoms with Crippen molar-refractivity contribution >= 4 is 17.5 Å². The lowest BCUT2D eigenvalue weighted by Gasteiger charge is -2.22. The average Bonchev–Trinajstić information content (AvgIpc) is 3.26. The number of nitrogens with zero attached hydrogens (tertiary/aromatic N) is 1. The third-order valence-corrected chi connectivity index (χ3v) is 5.11. The summed E-state index contributed by atoms with van der Waals surface area (Å²) in [5.41, 5.74) is 1.80. The summed E-state index contributed by atoms with van der Waals surface area (Å²) in [5, 5.41) is 3.11. The molecule has 2 aromatic carbocycles. The fraction of sp³-hybridized carbons (Fsp3) is 0.364. The Labute approximate surface area is 160 Å². The van der Waals surface area contributed by atoms with Gasteiger partial charge in [-0.2, -0.15) is 0 Å². The van der Waals surface area contributed by atoms with Crippen molar-refractivity contribution < 1.29 is 14.3 Å². The molecule has 2 amide bonds. The third-order valence-electron chi connectivity index (χ3n) is 5.11. The Morgan fingerprint density at radius 2 is 1.89 bits per heavy atom. The standard InChI is InChI=1S/C22H26N2O3/c1-3-20(18-12-13-27-15-18)23-21(25)16-8-7-9-17(14-16)22(26)24(2)19-10-5-4-6-11-19/h4-11,14,18,20H,3,12-13,15H2,1-2H3,(H,23,25)/t18-,20-/m1/s1. The van der Waals surface area contributed by atoms with Crippen LogP contribution in [0.15, 0.2) is 54.6 Å². The van der Waals surface area contributed by atoms with Gasteiger partial charge in [0, 0.05) is 42.4 Å². The lowest BCUT2D eigenvalue weighted by atomic mass is 9.96. The van der Waals surface area contributed by atoms with Crippen LogP contribution < -0.4 is 10.2 Å². The SMILES string of the molecule is CC[C@@H](NC(=O)c1cccc(C(=O)N(C)c2ccccc2)c1)[C@@H]1CCOC1. The van der Waals surface area contributed by atoms with Crippen molar-refractivity contribution in [3.8, 4) is 0 Å².